The zero-order valence-electron chi connectivity index (χ0n) is 9.16. The lowest BCUT2D eigenvalue weighted by atomic mass is 9.90. The van der Waals surface area contributed by atoms with Crippen LogP contribution in [0.15, 0.2) is 23.3 Å². The summed E-state index contributed by atoms with van der Waals surface area (Å²) in [6.07, 6.45) is 5.52. The number of Topliss-reactive ketones (excluding diaryl/α,β-unsaturated/α-hetero) is 1. The molecule has 0 saturated carbocycles. The molecule has 0 aromatic carbocycles. The average Bonchev–Trinajstić information content (AvgIpc) is 2.54. The molecule has 1 aliphatic heterocycles. The van der Waals surface area contributed by atoms with Gasteiger partial charge in [-0.05, 0) is 19.3 Å². The van der Waals surface area contributed by atoms with Crippen molar-refractivity contribution in [1.29, 1.82) is 0 Å². The van der Waals surface area contributed by atoms with Crippen LogP contribution in [0, 0.1) is 0 Å². The van der Waals surface area contributed by atoms with Crippen molar-refractivity contribution in [2.45, 2.75) is 38.4 Å². The minimum Gasteiger partial charge on any atom is -0.418 e. The first kappa shape index (κ1) is 11.1. The van der Waals surface area contributed by atoms with E-state index in [0.717, 1.165) is 6.42 Å². The number of cyclic esters (lactones) is 1. The Labute approximate surface area is 93.6 Å². The van der Waals surface area contributed by atoms with Gasteiger partial charge in [0.1, 0.15) is 0 Å². The molecule has 0 aromatic heterocycles. The second-order valence-corrected chi connectivity index (χ2v) is 4.04. The number of carbonyl (C=O) groups excluding carboxylic acids is 2. The van der Waals surface area contributed by atoms with Gasteiger partial charge in [0, 0.05) is 12.0 Å². The first-order valence-corrected chi connectivity index (χ1v) is 5.48. The molecule has 0 unspecified atom stereocenters. The molecule has 0 bridgehead atoms. The van der Waals surface area contributed by atoms with E-state index in [2.05, 4.69) is 0 Å². The van der Waals surface area contributed by atoms with Crippen LogP contribution in [0.25, 0.3) is 0 Å². The number of rotatable bonds is 3. The Bertz CT molecular complexity index is 405. The van der Waals surface area contributed by atoms with Gasteiger partial charge in [0.05, 0.1) is 5.57 Å². The van der Waals surface area contributed by atoms with E-state index in [-0.39, 0.29) is 6.42 Å². The van der Waals surface area contributed by atoms with Gasteiger partial charge in [-0.25, -0.2) is 4.79 Å². The van der Waals surface area contributed by atoms with Crippen LogP contribution in [0.1, 0.15) is 32.6 Å². The summed E-state index contributed by atoms with van der Waals surface area (Å²) in [4.78, 5) is 23.3. The quantitative estimate of drug-likeness (QED) is 0.730. The van der Waals surface area contributed by atoms with Crippen molar-refractivity contribution in [2.24, 2.45) is 0 Å². The largest absolute Gasteiger partial charge is 0.418 e. The lowest BCUT2D eigenvalue weighted by Crippen LogP contribution is -2.41. The fourth-order valence-corrected chi connectivity index (χ4v) is 2.08. The standard InChI is InChI=1S/C12H14O4/c1-2-5-10(13)12(15)9-7-4-3-6-8(9)11(14)16-12/h3,6,15H,2,4-5,7H2,1H3/t12-/m1/s1. The number of hydrogen-bond acceptors (Lipinski definition) is 4. The topological polar surface area (TPSA) is 63.6 Å². The van der Waals surface area contributed by atoms with Crippen LogP contribution in [0.4, 0.5) is 0 Å². The zero-order chi connectivity index (χ0) is 11.8. The summed E-state index contributed by atoms with van der Waals surface area (Å²) in [6.45, 7) is 1.84. The van der Waals surface area contributed by atoms with E-state index in [4.69, 9.17) is 4.74 Å². The second-order valence-electron chi connectivity index (χ2n) is 4.04. The van der Waals surface area contributed by atoms with Crippen molar-refractivity contribution in [1.82, 2.24) is 0 Å². The Kier molecular flexibility index (Phi) is 2.68. The molecule has 1 N–H and O–H groups in total. The maximum atomic E-state index is 11.8. The van der Waals surface area contributed by atoms with Crippen molar-refractivity contribution in [2.75, 3.05) is 0 Å². The predicted molar refractivity (Wildman–Crippen MR) is 56.4 cm³/mol. The smallest absolute Gasteiger partial charge is 0.341 e. The van der Waals surface area contributed by atoms with E-state index in [0.29, 0.717) is 24.0 Å². The zero-order valence-corrected chi connectivity index (χ0v) is 9.16. The van der Waals surface area contributed by atoms with Crippen molar-refractivity contribution in [3.63, 3.8) is 0 Å². The van der Waals surface area contributed by atoms with Gasteiger partial charge in [-0.1, -0.05) is 19.1 Å². The maximum absolute atomic E-state index is 11.8. The number of hydrogen-bond donors (Lipinski definition) is 1. The summed E-state index contributed by atoms with van der Waals surface area (Å²) in [5.41, 5.74) is 0.775. The molecule has 16 heavy (non-hydrogen) atoms. The molecule has 4 nitrogen and oxygen atoms in total. The monoisotopic (exact) mass is 222 g/mol. The summed E-state index contributed by atoms with van der Waals surface area (Å²) in [6, 6.07) is 0. The van der Waals surface area contributed by atoms with E-state index in [1.165, 1.54) is 0 Å². The highest BCUT2D eigenvalue weighted by molar-refractivity contribution is 6.03. The van der Waals surface area contributed by atoms with Crippen molar-refractivity contribution in [3.8, 4) is 0 Å². The predicted octanol–water partition coefficient (Wildman–Crippen LogP) is 1.25. The lowest BCUT2D eigenvalue weighted by Gasteiger charge is -2.23. The summed E-state index contributed by atoms with van der Waals surface area (Å²) in [5.74, 6) is -3.02. The van der Waals surface area contributed by atoms with Crippen LogP contribution in [0.3, 0.4) is 0 Å². The Hall–Kier alpha value is -1.42. The normalized spacial score (nSPS) is 28.0. The molecule has 2 aliphatic rings. The molecule has 0 spiro atoms. The van der Waals surface area contributed by atoms with Gasteiger partial charge < -0.3 is 9.84 Å². The average molecular weight is 222 g/mol. The number of aliphatic hydroxyl groups is 1. The summed E-state index contributed by atoms with van der Waals surface area (Å²) in [7, 11) is 0. The van der Waals surface area contributed by atoms with Crippen LogP contribution in [0.5, 0.6) is 0 Å². The Morgan fingerprint density at radius 3 is 3.06 bits per heavy atom. The Morgan fingerprint density at radius 1 is 1.62 bits per heavy atom. The molecule has 1 heterocycles. The number of ketones is 1. The molecule has 0 aromatic rings. The molecule has 86 valence electrons. The van der Waals surface area contributed by atoms with Crippen LogP contribution < -0.4 is 0 Å². The van der Waals surface area contributed by atoms with Gasteiger partial charge in [0.15, 0.2) is 0 Å². The SMILES string of the molecule is CCCC(=O)[C@]1(O)OC(=O)C2=C1CCC=C2. The first-order chi connectivity index (χ1) is 7.59. The third kappa shape index (κ3) is 1.50. The van der Waals surface area contributed by atoms with Gasteiger partial charge in [0.25, 0.3) is 5.79 Å². The molecular formula is C12H14O4. The highest BCUT2D eigenvalue weighted by Gasteiger charge is 2.50. The van der Waals surface area contributed by atoms with E-state index in [9.17, 15) is 14.7 Å². The third-order valence-electron chi connectivity index (χ3n) is 2.90. The molecule has 1 atom stereocenters. The van der Waals surface area contributed by atoms with Crippen LogP contribution >= 0.6 is 0 Å². The van der Waals surface area contributed by atoms with Gasteiger partial charge in [-0.15, -0.1) is 0 Å². The van der Waals surface area contributed by atoms with E-state index < -0.39 is 17.5 Å². The van der Waals surface area contributed by atoms with Gasteiger partial charge in [-0.2, -0.15) is 0 Å². The van der Waals surface area contributed by atoms with Crippen molar-refractivity contribution in [3.05, 3.63) is 23.3 Å². The molecule has 0 amide bonds. The van der Waals surface area contributed by atoms with Gasteiger partial charge in [-0.3, -0.25) is 4.79 Å². The summed E-state index contributed by atoms with van der Waals surface area (Å²) in [5, 5.41) is 10.2. The van der Waals surface area contributed by atoms with E-state index in [1.54, 1.807) is 6.08 Å². The summed E-state index contributed by atoms with van der Waals surface area (Å²) < 4.78 is 4.85. The Balaban J connectivity index is 2.37. The minimum atomic E-state index is -1.99. The molecule has 2 rings (SSSR count). The number of ether oxygens (including phenoxy) is 1. The fourth-order valence-electron chi connectivity index (χ4n) is 2.08. The van der Waals surface area contributed by atoms with Crippen LogP contribution in [-0.4, -0.2) is 22.6 Å². The van der Waals surface area contributed by atoms with E-state index in [1.807, 2.05) is 13.0 Å². The third-order valence-corrected chi connectivity index (χ3v) is 2.90. The Morgan fingerprint density at radius 2 is 2.38 bits per heavy atom. The summed E-state index contributed by atoms with van der Waals surface area (Å²) >= 11 is 0. The van der Waals surface area contributed by atoms with Crippen molar-refractivity contribution >= 4 is 11.8 Å². The van der Waals surface area contributed by atoms with E-state index >= 15 is 0 Å². The molecular weight excluding hydrogens is 208 g/mol. The lowest BCUT2D eigenvalue weighted by molar-refractivity contribution is -0.189. The number of esters is 1. The van der Waals surface area contributed by atoms with Gasteiger partial charge >= 0.3 is 5.97 Å². The highest BCUT2D eigenvalue weighted by Crippen LogP contribution is 2.38. The number of carbonyl (C=O) groups is 2. The van der Waals surface area contributed by atoms with Gasteiger partial charge in [0.2, 0.25) is 5.78 Å². The second kappa shape index (κ2) is 3.87. The number of allylic oxidation sites excluding steroid dienone is 1. The molecule has 0 radical (unpaired) electrons. The molecule has 1 aliphatic carbocycles. The van der Waals surface area contributed by atoms with Crippen LogP contribution in [0.2, 0.25) is 0 Å². The van der Waals surface area contributed by atoms with Crippen molar-refractivity contribution < 1.29 is 19.4 Å². The maximum Gasteiger partial charge on any atom is 0.341 e. The molecule has 4 heteroatoms. The molecule has 0 fully saturated rings. The first-order valence-electron chi connectivity index (χ1n) is 5.48. The highest BCUT2D eigenvalue weighted by atomic mass is 16.7. The minimum absolute atomic E-state index is 0.213. The fraction of sp³-hybridized carbons (Fsp3) is 0.500. The van der Waals surface area contributed by atoms with Crippen LogP contribution in [-0.2, 0) is 14.3 Å². The molecule has 0 saturated heterocycles.